The lowest BCUT2D eigenvalue weighted by atomic mass is 9.78. The van der Waals surface area contributed by atoms with Crippen LogP contribution in [0.3, 0.4) is 0 Å². The van der Waals surface area contributed by atoms with Gasteiger partial charge in [0.2, 0.25) is 11.9 Å². The number of guanidine groups is 1. The minimum absolute atomic E-state index is 0.263. The first-order chi connectivity index (χ1) is 22.7. The third-order valence-electron chi connectivity index (χ3n) is 10.7. The average Bonchev–Trinajstić information content (AvgIpc) is 3.81. The van der Waals surface area contributed by atoms with Gasteiger partial charge in [-0.05, 0) is 119 Å². The van der Waals surface area contributed by atoms with Gasteiger partial charge in [-0.2, -0.15) is 5.26 Å². The molecule has 8 rings (SSSR count). The number of aliphatic imine (C=N–C) groups is 1. The molecule has 4 fully saturated rings. The van der Waals surface area contributed by atoms with Crippen molar-refractivity contribution in [3.8, 4) is 17.5 Å². The maximum Gasteiger partial charge on any atom is 0.233 e. The Morgan fingerprint density at radius 2 is 1.83 bits per heavy atom. The molecule has 1 amide bonds. The zero-order valence-corrected chi connectivity index (χ0v) is 28.8. The fourth-order valence-electron chi connectivity index (χ4n) is 8.15. The van der Waals surface area contributed by atoms with Gasteiger partial charge in [0.1, 0.15) is 4.83 Å². The molecule has 1 aromatic carbocycles. The van der Waals surface area contributed by atoms with Gasteiger partial charge in [-0.3, -0.25) is 20.1 Å². The quantitative estimate of drug-likeness (QED) is 0.0970. The predicted octanol–water partition coefficient (Wildman–Crippen LogP) is 7.05. The Bertz CT molecular complexity index is 1820. The highest BCUT2D eigenvalue weighted by Crippen LogP contribution is 2.43. The number of nitrogens with one attached hydrogen (secondary N) is 2. The highest BCUT2D eigenvalue weighted by molar-refractivity contribution is 7.19. The number of carbonyl (C=O) groups excluding carboxylic acids is 1. The van der Waals surface area contributed by atoms with E-state index >= 15 is 0 Å². The summed E-state index contributed by atoms with van der Waals surface area (Å²) in [6, 6.07) is 13.5. The summed E-state index contributed by atoms with van der Waals surface area (Å²) in [5, 5.41) is 13.6. The van der Waals surface area contributed by atoms with E-state index in [0.717, 1.165) is 54.3 Å². The smallest absolute Gasteiger partial charge is 0.233 e. The Balaban J connectivity index is 1.18. The Morgan fingerprint density at radius 1 is 1.09 bits per heavy atom. The van der Waals surface area contributed by atoms with Crippen molar-refractivity contribution in [2.75, 3.05) is 26.2 Å². The molecule has 47 heavy (non-hydrogen) atoms. The van der Waals surface area contributed by atoms with Crippen LogP contribution < -0.4 is 5.32 Å². The van der Waals surface area contributed by atoms with Gasteiger partial charge in [0.15, 0.2) is 6.19 Å². The fourth-order valence-corrected chi connectivity index (χ4v) is 9.33. The SMILES string of the molecule is Cc1cc(C)cc(-c2[nH]c3sc(C(C)(C)C(=O)N4CC5CCC4CC5)cc3c2CCN=C(NC#N)N2CCC(c3ccncc3)C2)c1. The molecule has 9 heteroatoms. The number of H-pyrrole nitrogens is 1. The van der Waals surface area contributed by atoms with Crippen molar-refractivity contribution >= 4 is 33.4 Å². The fraction of sp³-hybridized carbons (Fsp3) is 0.474. The van der Waals surface area contributed by atoms with Crippen LogP contribution in [0.15, 0.2) is 53.8 Å². The molecule has 0 spiro atoms. The van der Waals surface area contributed by atoms with E-state index in [2.05, 4.69) is 95.4 Å². The number of likely N-dealkylation sites (tertiary alicyclic amines) is 1. The number of carbonyl (C=O) groups is 1. The molecule has 0 radical (unpaired) electrons. The summed E-state index contributed by atoms with van der Waals surface area (Å²) in [7, 11) is 0. The zero-order chi connectivity index (χ0) is 32.7. The molecule has 8 nitrogen and oxygen atoms in total. The van der Waals surface area contributed by atoms with E-state index in [0.29, 0.717) is 36.8 Å². The van der Waals surface area contributed by atoms with Crippen molar-refractivity contribution in [2.24, 2.45) is 10.9 Å². The summed E-state index contributed by atoms with van der Waals surface area (Å²) >= 11 is 1.71. The van der Waals surface area contributed by atoms with Gasteiger partial charge in [-0.1, -0.05) is 17.2 Å². The normalized spacial score (nSPS) is 21.4. The van der Waals surface area contributed by atoms with Crippen molar-refractivity contribution in [3.05, 3.63) is 75.9 Å². The maximum atomic E-state index is 14.1. The molecular formula is C38H45N7OS. The molecule has 6 heterocycles. The molecule has 1 atom stereocenters. The number of piperidine rings is 2. The van der Waals surface area contributed by atoms with Crippen molar-refractivity contribution in [1.82, 2.24) is 25.1 Å². The van der Waals surface area contributed by atoms with E-state index in [-0.39, 0.29) is 5.91 Å². The van der Waals surface area contributed by atoms with Gasteiger partial charge in [0.05, 0.1) is 11.1 Å². The predicted molar refractivity (Wildman–Crippen MR) is 189 cm³/mol. The largest absolute Gasteiger partial charge is 0.346 e. The van der Waals surface area contributed by atoms with Gasteiger partial charge in [-0.15, -0.1) is 11.3 Å². The Morgan fingerprint density at radius 3 is 2.51 bits per heavy atom. The number of aryl methyl sites for hydroxylation is 2. The molecule has 2 bridgehead atoms. The van der Waals surface area contributed by atoms with Gasteiger partial charge >= 0.3 is 0 Å². The minimum atomic E-state index is -0.595. The number of aromatic nitrogens is 2. The van der Waals surface area contributed by atoms with Gasteiger partial charge < -0.3 is 14.8 Å². The number of rotatable bonds is 7. The van der Waals surface area contributed by atoms with Crippen LogP contribution in [-0.2, 0) is 16.6 Å². The van der Waals surface area contributed by atoms with Crippen molar-refractivity contribution in [3.63, 3.8) is 0 Å². The third kappa shape index (κ3) is 6.16. The first-order valence-corrected chi connectivity index (χ1v) is 17.9. The van der Waals surface area contributed by atoms with Crippen molar-refractivity contribution in [2.45, 2.75) is 83.6 Å². The van der Waals surface area contributed by atoms with Crippen LogP contribution in [0.4, 0.5) is 0 Å². The number of benzene rings is 1. The van der Waals surface area contributed by atoms with E-state index in [9.17, 15) is 10.1 Å². The molecule has 4 aromatic rings. The molecule has 3 aliphatic heterocycles. The highest BCUT2D eigenvalue weighted by atomic mass is 32.1. The number of fused-ring (bicyclic) bond motifs is 4. The standard InChI is InChI=1S/C38H45N7OS/c1-24-17-25(2)19-29(18-24)34-31(11-15-41-37(42-23-39)44-16-12-28(22-44)27-9-13-40-14-10-27)32-20-33(47-35(32)43-34)38(3,4)36(46)45-21-26-5-7-30(45)8-6-26/h9-10,13-14,17-20,26,28,30,43H,5-8,11-12,15-16,21-22H2,1-4H3,(H,41,42). The molecule has 4 aliphatic rings. The van der Waals surface area contributed by atoms with E-state index < -0.39 is 5.41 Å². The number of hydrogen-bond acceptors (Lipinski definition) is 5. The lowest BCUT2D eigenvalue weighted by molar-refractivity contribution is -0.143. The summed E-state index contributed by atoms with van der Waals surface area (Å²) < 4.78 is 0. The summed E-state index contributed by atoms with van der Waals surface area (Å²) in [6.45, 7) is 11.6. The summed E-state index contributed by atoms with van der Waals surface area (Å²) in [5.41, 5.74) is 6.62. The number of thiophene rings is 1. The van der Waals surface area contributed by atoms with Gasteiger partial charge in [0, 0.05) is 60.8 Å². The monoisotopic (exact) mass is 647 g/mol. The lowest BCUT2D eigenvalue weighted by Crippen LogP contribution is -2.55. The summed E-state index contributed by atoms with van der Waals surface area (Å²) in [5.74, 6) is 1.95. The maximum absolute atomic E-state index is 14.1. The van der Waals surface area contributed by atoms with Gasteiger partial charge in [-0.25, -0.2) is 0 Å². The van der Waals surface area contributed by atoms with Crippen LogP contribution >= 0.6 is 11.3 Å². The number of nitriles is 1. The Hall–Kier alpha value is -4.16. The summed E-state index contributed by atoms with van der Waals surface area (Å²) in [6.07, 6.45) is 12.3. The molecule has 1 aliphatic carbocycles. The topological polar surface area (TPSA) is 100 Å². The number of amides is 1. The molecule has 2 N–H and O–H groups in total. The minimum Gasteiger partial charge on any atom is -0.346 e. The first-order valence-electron chi connectivity index (χ1n) is 17.1. The number of hydrogen-bond donors (Lipinski definition) is 2. The first kappa shape index (κ1) is 31.4. The second-order valence-electron chi connectivity index (χ2n) is 14.4. The number of nitrogens with zero attached hydrogens (tertiary/aromatic N) is 5. The number of aromatic amines is 1. The number of pyridine rings is 1. The van der Waals surface area contributed by atoms with E-state index in [1.165, 1.54) is 46.0 Å². The van der Waals surface area contributed by atoms with Gasteiger partial charge in [0.25, 0.3) is 0 Å². The molecular weight excluding hydrogens is 603 g/mol. The Kier molecular flexibility index (Phi) is 8.56. The van der Waals surface area contributed by atoms with E-state index in [4.69, 9.17) is 4.99 Å². The molecule has 3 aromatic heterocycles. The molecule has 1 saturated carbocycles. The molecule has 1 unspecified atom stereocenters. The van der Waals surface area contributed by atoms with E-state index in [1.54, 1.807) is 11.3 Å². The summed E-state index contributed by atoms with van der Waals surface area (Å²) in [4.78, 5) is 33.6. The average molecular weight is 648 g/mol. The van der Waals surface area contributed by atoms with Crippen LogP contribution in [0.2, 0.25) is 0 Å². The van der Waals surface area contributed by atoms with Crippen LogP contribution in [0, 0.1) is 31.2 Å². The van der Waals surface area contributed by atoms with Crippen LogP contribution in [0.5, 0.6) is 0 Å². The molecule has 244 valence electrons. The van der Waals surface area contributed by atoms with Crippen LogP contribution in [0.1, 0.15) is 79.0 Å². The third-order valence-corrected chi connectivity index (χ3v) is 12.1. The highest BCUT2D eigenvalue weighted by Gasteiger charge is 2.43. The van der Waals surface area contributed by atoms with Crippen molar-refractivity contribution in [1.29, 1.82) is 5.26 Å². The Labute approximate surface area is 281 Å². The van der Waals surface area contributed by atoms with Crippen LogP contribution in [-0.4, -0.2) is 63.9 Å². The van der Waals surface area contributed by atoms with Crippen LogP contribution in [0.25, 0.3) is 21.5 Å². The zero-order valence-electron chi connectivity index (χ0n) is 28.0. The second-order valence-corrected chi connectivity index (χ2v) is 15.4. The van der Waals surface area contributed by atoms with Crippen molar-refractivity contribution < 1.29 is 4.79 Å². The lowest BCUT2D eigenvalue weighted by Gasteiger charge is -2.47. The second kappa shape index (κ2) is 12.8. The van der Waals surface area contributed by atoms with E-state index in [1.807, 2.05) is 12.4 Å². The molecule has 3 saturated heterocycles.